The highest BCUT2D eigenvalue weighted by atomic mass is 16.5. The largest absolute Gasteiger partial charge is 0.378 e. The van der Waals surface area contributed by atoms with Gasteiger partial charge in [-0.25, -0.2) is 0 Å². The summed E-state index contributed by atoms with van der Waals surface area (Å²) in [6.07, 6.45) is 3.47. The first-order valence-corrected chi connectivity index (χ1v) is 6.06. The van der Waals surface area contributed by atoms with Crippen molar-refractivity contribution in [1.82, 2.24) is 5.32 Å². The van der Waals surface area contributed by atoms with Gasteiger partial charge in [0.25, 0.3) is 0 Å². The van der Waals surface area contributed by atoms with E-state index in [1.165, 1.54) is 0 Å². The van der Waals surface area contributed by atoms with Gasteiger partial charge in [-0.05, 0) is 24.7 Å². The molecule has 1 saturated heterocycles. The van der Waals surface area contributed by atoms with Gasteiger partial charge in [-0.1, -0.05) is 20.8 Å². The van der Waals surface area contributed by atoms with Crippen LogP contribution in [0.1, 0.15) is 40.0 Å². The van der Waals surface area contributed by atoms with Crippen LogP contribution in [0.5, 0.6) is 0 Å². The van der Waals surface area contributed by atoms with Gasteiger partial charge in [0.05, 0.1) is 12.1 Å². The van der Waals surface area contributed by atoms with E-state index in [1.54, 1.807) is 0 Å². The highest BCUT2D eigenvalue weighted by Gasteiger charge is 2.27. The molecule has 94 valence electrons. The molecule has 0 bridgehead atoms. The average Bonchev–Trinajstić information content (AvgIpc) is 2.67. The number of rotatable bonds is 4. The van der Waals surface area contributed by atoms with E-state index in [0.717, 1.165) is 25.9 Å². The van der Waals surface area contributed by atoms with Gasteiger partial charge in [0.2, 0.25) is 5.91 Å². The van der Waals surface area contributed by atoms with E-state index < -0.39 is 6.04 Å². The first-order valence-electron chi connectivity index (χ1n) is 6.06. The first-order chi connectivity index (χ1) is 7.41. The highest BCUT2D eigenvalue weighted by Crippen LogP contribution is 2.17. The molecule has 1 rings (SSSR count). The lowest BCUT2D eigenvalue weighted by molar-refractivity contribution is -0.124. The number of nitrogens with one attached hydrogen (secondary N) is 1. The van der Waals surface area contributed by atoms with Crippen molar-refractivity contribution in [2.24, 2.45) is 11.1 Å². The fourth-order valence-electron chi connectivity index (χ4n) is 1.73. The summed E-state index contributed by atoms with van der Waals surface area (Å²) in [4.78, 5) is 11.7. The zero-order chi connectivity index (χ0) is 12.2. The Morgan fingerprint density at radius 2 is 2.25 bits per heavy atom. The van der Waals surface area contributed by atoms with Crippen LogP contribution in [0.3, 0.4) is 0 Å². The molecule has 1 fully saturated rings. The van der Waals surface area contributed by atoms with Gasteiger partial charge in [0, 0.05) is 13.2 Å². The smallest absolute Gasteiger partial charge is 0.237 e. The second kappa shape index (κ2) is 5.64. The second-order valence-corrected chi connectivity index (χ2v) is 5.56. The summed E-state index contributed by atoms with van der Waals surface area (Å²) in [5.74, 6) is -0.0644. The molecule has 1 aliphatic heterocycles. The Kier molecular flexibility index (Phi) is 4.74. The molecule has 0 saturated carbocycles. The molecule has 1 unspecified atom stereocenters. The van der Waals surface area contributed by atoms with Gasteiger partial charge in [-0.15, -0.1) is 0 Å². The van der Waals surface area contributed by atoms with Crippen LogP contribution in [-0.4, -0.2) is 31.2 Å². The number of amides is 1. The average molecular weight is 228 g/mol. The zero-order valence-corrected chi connectivity index (χ0v) is 10.6. The van der Waals surface area contributed by atoms with E-state index in [4.69, 9.17) is 10.5 Å². The Bertz CT molecular complexity index is 230. The molecule has 1 heterocycles. The molecule has 0 aliphatic carbocycles. The molecule has 16 heavy (non-hydrogen) atoms. The van der Waals surface area contributed by atoms with E-state index in [-0.39, 0.29) is 11.3 Å². The van der Waals surface area contributed by atoms with Crippen LogP contribution < -0.4 is 11.1 Å². The number of hydrogen-bond donors (Lipinski definition) is 2. The van der Waals surface area contributed by atoms with Crippen molar-refractivity contribution in [1.29, 1.82) is 0 Å². The number of nitrogens with two attached hydrogens (primary N) is 1. The fourth-order valence-corrected chi connectivity index (χ4v) is 1.73. The predicted octanol–water partition coefficient (Wildman–Crippen LogP) is 1.05. The quantitative estimate of drug-likeness (QED) is 0.756. The molecule has 4 nitrogen and oxygen atoms in total. The summed E-state index contributed by atoms with van der Waals surface area (Å²) >= 11 is 0. The third-order valence-electron chi connectivity index (χ3n) is 3.01. The fraction of sp³-hybridized carbons (Fsp3) is 0.917. The Hall–Kier alpha value is -0.610. The van der Waals surface area contributed by atoms with Crippen molar-refractivity contribution >= 4 is 5.91 Å². The topological polar surface area (TPSA) is 64.4 Å². The van der Waals surface area contributed by atoms with Gasteiger partial charge in [0.15, 0.2) is 0 Å². The molecule has 4 heteroatoms. The molecule has 3 N–H and O–H groups in total. The van der Waals surface area contributed by atoms with Crippen molar-refractivity contribution < 1.29 is 9.53 Å². The minimum Gasteiger partial charge on any atom is -0.378 e. The molecule has 0 aromatic rings. The van der Waals surface area contributed by atoms with Crippen LogP contribution in [0, 0.1) is 5.41 Å². The van der Waals surface area contributed by atoms with Crippen molar-refractivity contribution in [3.05, 3.63) is 0 Å². The first kappa shape index (κ1) is 13.5. The van der Waals surface area contributed by atoms with E-state index in [0.29, 0.717) is 12.6 Å². The molecule has 2 atom stereocenters. The van der Waals surface area contributed by atoms with Crippen LogP contribution >= 0.6 is 0 Å². The van der Waals surface area contributed by atoms with Crippen LogP contribution in [-0.2, 0) is 9.53 Å². The van der Waals surface area contributed by atoms with Crippen molar-refractivity contribution in [2.75, 3.05) is 13.2 Å². The molecular formula is C12H24N2O2. The molecule has 0 aromatic heterocycles. The van der Waals surface area contributed by atoms with Gasteiger partial charge in [-0.3, -0.25) is 4.79 Å². The molecule has 1 amide bonds. The van der Waals surface area contributed by atoms with E-state index in [9.17, 15) is 4.79 Å². The van der Waals surface area contributed by atoms with Gasteiger partial charge in [-0.2, -0.15) is 0 Å². The third kappa shape index (κ3) is 4.10. The van der Waals surface area contributed by atoms with Crippen molar-refractivity contribution in [2.45, 2.75) is 52.2 Å². The summed E-state index contributed by atoms with van der Waals surface area (Å²) in [7, 11) is 0. The summed E-state index contributed by atoms with van der Waals surface area (Å²) in [5, 5.41) is 2.87. The second-order valence-electron chi connectivity index (χ2n) is 5.56. The Morgan fingerprint density at radius 3 is 2.75 bits per heavy atom. The maximum atomic E-state index is 11.7. The Morgan fingerprint density at radius 1 is 1.56 bits per heavy atom. The van der Waals surface area contributed by atoms with E-state index in [1.807, 2.05) is 20.8 Å². The number of hydrogen-bond acceptors (Lipinski definition) is 3. The lowest BCUT2D eigenvalue weighted by Gasteiger charge is -2.26. The summed E-state index contributed by atoms with van der Waals surface area (Å²) in [5.41, 5.74) is 5.66. The van der Waals surface area contributed by atoms with Gasteiger partial charge < -0.3 is 15.8 Å². The van der Waals surface area contributed by atoms with Crippen molar-refractivity contribution in [3.8, 4) is 0 Å². The molecule has 0 aromatic carbocycles. The zero-order valence-electron chi connectivity index (χ0n) is 10.6. The minimum atomic E-state index is -0.447. The normalized spacial score (nSPS) is 23.1. The van der Waals surface area contributed by atoms with Gasteiger partial charge in [0.1, 0.15) is 0 Å². The molecule has 1 aliphatic rings. The number of ether oxygens (including phenoxy) is 1. The summed E-state index contributed by atoms with van der Waals surface area (Å²) < 4.78 is 5.48. The molecule has 0 spiro atoms. The maximum Gasteiger partial charge on any atom is 0.237 e. The minimum absolute atomic E-state index is 0.0644. The predicted molar refractivity (Wildman–Crippen MR) is 64.0 cm³/mol. The standard InChI is InChI=1S/C12H24N2O2/c1-12(2,3)10(13)11(15)14-7-6-9-5-4-8-16-9/h9-10H,4-8,13H2,1-3H3,(H,14,15)/t9?,10-/m0/s1. The summed E-state index contributed by atoms with van der Waals surface area (Å²) in [6.45, 7) is 7.43. The Balaban J connectivity index is 2.19. The van der Waals surface area contributed by atoms with Gasteiger partial charge >= 0.3 is 0 Å². The monoisotopic (exact) mass is 228 g/mol. The lowest BCUT2D eigenvalue weighted by atomic mass is 9.87. The Labute approximate surface area is 97.9 Å². The number of carbonyl (C=O) groups excluding carboxylic acids is 1. The SMILES string of the molecule is CC(C)(C)[C@@H](N)C(=O)NCCC1CCCO1. The van der Waals surface area contributed by atoms with Crippen LogP contribution in [0.4, 0.5) is 0 Å². The molecule has 0 radical (unpaired) electrons. The highest BCUT2D eigenvalue weighted by molar-refractivity contribution is 5.82. The van der Waals surface area contributed by atoms with E-state index in [2.05, 4.69) is 5.32 Å². The molecular weight excluding hydrogens is 204 g/mol. The third-order valence-corrected chi connectivity index (χ3v) is 3.01. The van der Waals surface area contributed by atoms with Crippen LogP contribution in [0.25, 0.3) is 0 Å². The maximum absolute atomic E-state index is 11.7. The summed E-state index contributed by atoms with van der Waals surface area (Å²) in [6, 6.07) is -0.447. The van der Waals surface area contributed by atoms with Crippen LogP contribution in [0.15, 0.2) is 0 Å². The van der Waals surface area contributed by atoms with Crippen LogP contribution in [0.2, 0.25) is 0 Å². The van der Waals surface area contributed by atoms with E-state index >= 15 is 0 Å². The van der Waals surface area contributed by atoms with Crippen molar-refractivity contribution in [3.63, 3.8) is 0 Å². The number of carbonyl (C=O) groups is 1. The lowest BCUT2D eigenvalue weighted by Crippen LogP contribution is -2.49.